The lowest BCUT2D eigenvalue weighted by molar-refractivity contribution is 0.0442. The molecule has 3 nitrogen and oxygen atoms in total. The highest BCUT2D eigenvalue weighted by Gasteiger charge is 2.24. The Hall–Kier alpha value is -1.06. The molecule has 1 saturated heterocycles. The Labute approximate surface area is 122 Å². The van der Waals surface area contributed by atoms with Crippen molar-refractivity contribution < 1.29 is 9.84 Å². The molecule has 0 radical (unpaired) electrons. The van der Waals surface area contributed by atoms with Gasteiger partial charge in [0.25, 0.3) is 0 Å². The summed E-state index contributed by atoms with van der Waals surface area (Å²) in [6, 6.07) is 6.31. The zero-order valence-corrected chi connectivity index (χ0v) is 13.0. The van der Waals surface area contributed by atoms with E-state index in [4.69, 9.17) is 4.74 Å². The predicted molar refractivity (Wildman–Crippen MR) is 82.3 cm³/mol. The quantitative estimate of drug-likeness (QED) is 0.918. The molecule has 1 N–H and O–H groups in total. The van der Waals surface area contributed by atoms with Gasteiger partial charge in [0, 0.05) is 13.1 Å². The molecule has 1 aliphatic heterocycles. The molecule has 1 unspecified atom stereocenters. The molecule has 1 fully saturated rings. The van der Waals surface area contributed by atoms with E-state index >= 15 is 0 Å². The normalized spacial score (nSPS) is 24.4. The summed E-state index contributed by atoms with van der Waals surface area (Å²) >= 11 is 0. The number of rotatable bonds is 4. The second-order valence-corrected chi connectivity index (χ2v) is 6.31. The maximum absolute atomic E-state index is 10.1. The summed E-state index contributed by atoms with van der Waals surface area (Å²) in [6.07, 6.45) is 2.83. The third-order valence-electron chi connectivity index (χ3n) is 4.17. The number of aliphatic hydroxyl groups is 1. The van der Waals surface area contributed by atoms with E-state index in [9.17, 15) is 5.11 Å². The maximum atomic E-state index is 10.1. The number of ether oxygens (including phenoxy) is 1. The third kappa shape index (κ3) is 4.50. The van der Waals surface area contributed by atoms with Gasteiger partial charge in [0.1, 0.15) is 12.4 Å². The smallest absolute Gasteiger partial charge is 0.122 e. The van der Waals surface area contributed by atoms with Crippen molar-refractivity contribution in [1.29, 1.82) is 0 Å². The average molecular weight is 277 g/mol. The van der Waals surface area contributed by atoms with E-state index in [0.29, 0.717) is 6.61 Å². The van der Waals surface area contributed by atoms with Gasteiger partial charge in [-0.15, -0.1) is 0 Å². The van der Waals surface area contributed by atoms with Gasteiger partial charge < -0.3 is 9.84 Å². The maximum Gasteiger partial charge on any atom is 0.122 e. The van der Waals surface area contributed by atoms with Crippen molar-refractivity contribution in [3.05, 3.63) is 29.3 Å². The molecule has 0 bridgehead atoms. The third-order valence-corrected chi connectivity index (χ3v) is 4.17. The molecule has 1 aliphatic rings. The highest BCUT2D eigenvalue weighted by Crippen LogP contribution is 2.22. The van der Waals surface area contributed by atoms with Crippen molar-refractivity contribution in [1.82, 2.24) is 4.90 Å². The molecule has 0 aliphatic carbocycles. The van der Waals surface area contributed by atoms with Crippen LogP contribution >= 0.6 is 0 Å². The molecule has 1 heterocycles. The highest BCUT2D eigenvalue weighted by molar-refractivity contribution is 5.35. The van der Waals surface area contributed by atoms with E-state index < -0.39 is 5.60 Å². The molecule has 20 heavy (non-hydrogen) atoms. The van der Waals surface area contributed by atoms with Gasteiger partial charge in [-0.1, -0.05) is 12.1 Å². The van der Waals surface area contributed by atoms with Gasteiger partial charge in [0.2, 0.25) is 0 Å². The zero-order valence-electron chi connectivity index (χ0n) is 13.0. The molecule has 112 valence electrons. The molecule has 1 aromatic rings. The molecule has 0 saturated carbocycles. The first kappa shape index (κ1) is 15.3. The van der Waals surface area contributed by atoms with Crippen LogP contribution in [0.1, 0.15) is 37.3 Å². The standard InChI is InChI=1S/C17H27NO2/c1-14-5-6-15(2)16(13-14)20-12-11-18-9-4-7-17(3,19)8-10-18/h5-6,13,19H,4,7-12H2,1-3H3. The minimum Gasteiger partial charge on any atom is -0.492 e. The first-order valence-corrected chi connectivity index (χ1v) is 7.61. The van der Waals surface area contributed by atoms with E-state index in [0.717, 1.165) is 44.6 Å². The number of aryl methyl sites for hydroxylation is 2. The number of likely N-dealkylation sites (tertiary alicyclic amines) is 1. The number of hydrogen-bond donors (Lipinski definition) is 1. The largest absolute Gasteiger partial charge is 0.492 e. The second kappa shape index (κ2) is 6.59. The Morgan fingerprint density at radius 2 is 2.05 bits per heavy atom. The average Bonchev–Trinajstić information content (AvgIpc) is 2.55. The summed E-state index contributed by atoms with van der Waals surface area (Å²) < 4.78 is 5.91. The minimum absolute atomic E-state index is 0.483. The number of nitrogens with zero attached hydrogens (tertiary/aromatic N) is 1. The molecule has 0 amide bonds. The molecule has 1 atom stereocenters. The van der Waals surface area contributed by atoms with Crippen LogP contribution in [-0.4, -0.2) is 41.8 Å². The molecule has 3 heteroatoms. The van der Waals surface area contributed by atoms with Gasteiger partial charge in [0.15, 0.2) is 0 Å². The van der Waals surface area contributed by atoms with Gasteiger partial charge in [-0.25, -0.2) is 0 Å². The first-order valence-electron chi connectivity index (χ1n) is 7.61. The minimum atomic E-state index is -0.483. The van der Waals surface area contributed by atoms with Crippen molar-refractivity contribution in [2.24, 2.45) is 0 Å². The second-order valence-electron chi connectivity index (χ2n) is 6.31. The molecular weight excluding hydrogens is 250 g/mol. The van der Waals surface area contributed by atoms with Crippen LogP contribution in [0.3, 0.4) is 0 Å². The van der Waals surface area contributed by atoms with Crippen molar-refractivity contribution in [3.63, 3.8) is 0 Å². The summed E-state index contributed by atoms with van der Waals surface area (Å²) in [4.78, 5) is 2.40. The van der Waals surface area contributed by atoms with Crippen LogP contribution in [0.15, 0.2) is 18.2 Å². The fourth-order valence-electron chi connectivity index (χ4n) is 2.69. The van der Waals surface area contributed by atoms with E-state index in [-0.39, 0.29) is 0 Å². The summed E-state index contributed by atoms with van der Waals surface area (Å²) in [7, 11) is 0. The Bertz CT molecular complexity index is 443. The molecule has 0 spiro atoms. The van der Waals surface area contributed by atoms with Gasteiger partial charge in [0.05, 0.1) is 5.60 Å². The summed E-state index contributed by atoms with van der Waals surface area (Å²) in [5.41, 5.74) is 1.94. The van der Waals surface area contributed by atoms with E-state index in [1.54, 1.807) is 0 Å². The fraction of sp³-hybridized carbons (Fsp3) is 0.647. The Morgan fingerprint density at radius 3 is 2.85 bits per heavy atom. The molecular formula is C17H27NO2. The van der Waals surface area contributed by atoms with E-state index in [2.05, 4.69) is 36.9 Å². The molecule has 1 aromatic carbocycles. The van der Waals surface area contributed by atoms with Crippen LogP contribution in [0.2, 0.25) is 0 Å². The lowest BCUT2D eigenvalue weighted by Crippen LogP contribution is -2.31. The lowest BCUT2D eigenvalue weighted by atomic mass is 9.98. The van der Waals surface area contributed by atoms with Crippen LogP contribution < -0.4 is 4.74 Å². The number of benzene rings is 1. The van der Waals surface area contributed by atoms with Crippen molar-refractivity contribution >= 4 is 0 Å². The SMILES string of the molecule is Cc1ccc(C)c(OCCN2CCCC(C)(O)CC2)c1. The monoisotopic (exact) mass is 277 g/mol. The van der Waals surface area contributed by atoms with Gasteiger partial charge >= 0.3 is 0 Å². The highest BCUT2D eigenvalue weighted by atomic mass is 16.5. The van der Waals surface area contributed by atoms with Gasteiger partial charge in [-0.05, 0) is 63.8 Å². The van der Waals surface area contributed by atoms with Crippen LogP contribution in [0.4, 0.5) is 0 Å². The van der Waals surface area contributed by atoms with Crippen molar-refractivity contribution in [2.75, 3.05) is 26.2 Å². The Morgan fingerprint density at radius 1 is 1.25 bits per heavy atom. The van der Waals surface area contributed by atoms with E-state index in [1.165, 1.54) is 11.1 Å². The topological polar surface area (TPSA) is 32.7 Å². The van der Waals surface area contributed by atoms with Gasteiger partial charge in [-0.3, -0.25) is 4.90 Å². The Balaban J connectivity index is 1.79. The van der Waals surface area contributed by atoms with Crippen molar-refractivity contribution in [3.8, 4) is 5.75 Å². The van der Waals surface area contributed by atoms with Crippen LogP contribution in [0, 0.1) is 13.8 Å². The predicted octanol–water partition coefficient (Wildman–Crippen LogP) is 2.92. The summed E-state index contributed by atoms with van der Waals surface area (Å²) in [5.74, 6) is 0.992. The Kier molecular flexibility index (Phi) is 5.06. The zero-order chi connectivity index (χ0) is 14.6. The first-order chi connectivity index (χ1) is 9.46. The van der Waals surface area contributed by atoms with Gasteiger partial charge in [-0.2, -0.15) is 0 Å². The number of hydrogen-bond acceptors (Lipinski definition) is 3. The van der Waals surface area contributed by atoms with Crippen molar-refractivity contribution in [2.45, 2.75) is 45.6 Å². The summed E-state index contributed by atoms with van der Waals surface area (Å²) in [6.45, 7) is 9.79. The fourth-order valence-corrected chi connectivity index (χ4v) is 2.69. The molecule has 0 aromatic heterocycles. The van der Waals surface area contributed by atoms with Crippen LogP contribution in [0.5, 0.6) is 5.75 Å². The summed E-state index contributed by atoms with van der Waals surface area (Å²) in [5, 5.41) is 10.1. The van der Waals surface area contributed by atoms with E-state index in [1.807, 2.05) is 6.92 Å². The lowest BCUT2D eigenvalue weighted by Gasteiger charge is -2.22. The van der Waals surface area contributed by atoms with Crippen LogP contribution in [0.25, 0.3) is 0 Å². The molecule has 2 rings (SSSR count). The van der Waals surface area contributed by atoms with Crippen LogP contribution in [-0.2, 0) is 0 Å².